The van der Waals surface area contributed by atoms with Gasteiger partial charge in [0.15, 0.2) is 0 Å². The van der Waals surface area contributed by atoms with Crippen molar-refractivity contribution in [1.82, 2.24) is 9.78 Å². The molecular weight excluding hydrogens is 254 g/mol. The second-order valence-corrected chi connectivity index (χ2v) is 5.06. The van der Waals surface area contributed by atoms with Crippen LogP contribution < -0.4 is 5.73 Å². The first-order valence-corrected chi connectivity index (χ1v) is 6.76. The number of carbonyl (C=O) groups is 1. The number of esters is 1. The number of hydrogen-bond acceptors (Lipinski definition) is 4. The Labute approximate surface area is 117 Å². The standard InChI is InChI=1S/C15H17N3O2/c16-14-6-7-18(17-14)9-15(19)20-10-11-4-5-12-2-1-3-13(12)8-11/h4-8H,1-3,9-10H2,(H2,16,17). The maximum Gasteiger partial charge on any atom is 0.328 e. The molecule has 0 radical (unpaired) electrons. The fraction of sp³-hybridized carbons (Fsp3) is 0.333. The summed E-state index contributed by atoms with van der Waals surface area (Å²) in [6.07, 6.45) is 5.17. The van der Waals surface area contributed by atoms with Crippen molar-refractivity contribution in [2.45, 2.75) is 32.4 Å². The summed E-state index contributed by atoms with van der Waals surface area (Å²) < 4.78 is 6.73. The van der Waals surface area contributed by atoms with Crippen LogP contribution in [0.5, 0.6) is 0 Å². The summed E-state index contributed by atoms with van der Waals surface area (Å²) in [5.41, 5.74) is 9.34. The molecule has 0 unspecified atom stereocenters. The van der Waals surface area contributed by atoms with Crippen LogP contribution in [0.15, 0.2) is 30.5 Å². The van der Waals surface area contributed by atoms with Crippen molar-refractivity contribution >= 4 is 11.8 Å². The van der Waals surface area contributed by atoms with E-state index in [0.717, 1.165) is 18.4 Å². The third-order valence-corrected chi connectivity index (χ3v) is 3.52. The summed E-state index contributed by atoms with van der Waals surface area (Å²) in [7, 11) is 0. The van der Waals surface area contributed by atoms with Crippen molar-refractivity contribution in [3.8, 4) is 0 Å². The number of aryl methyl sites for hydroxylation is 2. The Hall–Kier alpha value is -2.30. The minimum Gasteiger partial charge on any atom is -0.459 e. The third kappa shape index (κ3) is 2.82. The number of fused-ring (bicyclic) bond motifs is 1. The molecule has 0 atom stereocenters. The molecule has 1 aliphatic rings. The molecule has 0 saturated carbocycles. The Morgan fingerprint density at radius 2 is 2.15 bits per heavy atom. The number of benzene rings is 1. The molecule has 1 heterocycles. The number of carbonyl (C=O) groups excluding carboxylic acids is 1. The van der Waals surface area contributed by atoms with Crippen LogP contribution >= 0.6 is 0 Å². The van der Waals surface area contributed by atoms with Crippen molar-refractivity contribution < 1.29 is 9.53 Å². The van der Waals surface area contributed by atoms with Gasteiger partial charge >= 0.3 is 5.97 Å². The van der Waals surface area contributed by atoms with Crippen LogP contribution in [0.3, 0.4) is 0 Å². The number of ether oxygens (including phenoxy) is 1. The predicted octanol–water partition coefficient (Wildman–Crippen LogP) is 1.70. The van der Waals surface area contributed by atoms with E-state index in [1.165, 1.54) is 22.2 Å². The highest BCUT2D eigenvalue weighted by atomic mass is 16.5. The van der Waals surface area contributed by atoms with Gasteiger partial charge in [-0.2, -0.15) is 5.10 Å². The molecule has 1 aromatic heterocycles. The fourth-order valence-electron chi connectivity index (χ4n) is 2.52. The van der Waals surface area contributed by atoms with Crippen LogP contribution in [0.25, 0.3) is 0 Å². The monoisotopic (exact) mass is 271 g/mol. The molecule has 2 N–H and O–H groups in total. The van der Waals surface area contributed by atoms with Crippen LogP contribution in [-0.2, 0) is 35.5 Å². The highest BCUT2D eigenvalue weighted by Gasteiger charge is 2.11. The molecule has 2 aromatic rings. The van der Waals surface area contributed by atoms with Gasteiger partial charge in [-0.3, -0.25) is 9.48 Å². The van der Waals surface area contributed by atoms with E-state index in [2.05, 4.69) is 17.2 Å². The van der Waals surface area contributed by atoms with Gasteiger partial charge in [0, 0.05) is 6.20 Å². The summed E-state index contributed by atoms with van der Waals surface area (Å²) in [5, 5.41) is 3.95. The summed E-state index contributed by atoms with van der Waals surface area (Å²) >= 11 is 0. The Balaban J connectivity index is 1.55. The van der Waals surface area contributed by atoms with Crippen LogP contribution in [0.1, 0.15) is 23.1 Å². The van der Waals surface area contributed by atoms with Crippen molar-refractivity contribution in [1.29, 1.82) is 0 Å². The van der Waals surface area contributed by atoms with Gasteiger partial charge in [-0.1, -0.05) is 18.2 Å². The molecule has 1 aromatic carbocycles. The molecule has 0 fully saturated rings. The zero-order valence-corrected chi connectivity index (χ0v) is 11.2. The highest BCUT2D eigenvalue weighted by molar-refractivity contribution is 5.69. The second kappa shape index (κ2) is 5.36. The topological polar surface area (TPSA) is 70.1 Å². The number of anilines is 1. The van der Waals surface area contributed by atoms with E-state index in [1.54, 1.807) is 12.3 Å². The molecule has 20 heavy (non-hydrogen) atoms. The first-order chi connectivity index (χ1) is 9.70. The van der Waals surface area contributed by atoms with Gasteiger partial charge in [-0.15, -0.1) is 0 Å². The second-order valence-electron chi connectivity index (χ2n) is 5.06. The molecule has 3 rings (SSSR count). The lowest BCUT2D eigenvalue weighted by Crippen LogP contribution is -2.14. The lowest BCUT2D eigenvalue weighted by molar-refractivity contribution is -0.145. The maximum absolute atomic E-state index is 11.7. The molecule has 1 aliphatic carbocycles. The Morgan fingerprint density at radius 3 is 2.95 bits per heavy atom. The third-order valence-electron chi connectivity index (χ3n) is 3.52. The van der Waals surface area contributed by atoms with E-state index in [1.807, 2.05) is 6.07 Å². The average Bonchev–Trinajstić information content (AvgIpc) is 3.04. The number of hydrogen-bond donors (Lipinski definition) is 1. The van der Waals surface area contributed by atoms with E-state index in [4.69, 9.17) is 10.5 Å². The van der Waals surface area contributed by atoms with Gasteiger partial charge in [0.1, 0.15) is 19.0 Å². The van der Waals surface area contributed by atoms with E-state index < -0.39 is 0 Å². The van der Waals surface area contributed by atoms with E-state index >= 15 is 0 Å². The molecule has 0 spiro atoms. The Morgan fingerprint density at radius 1 is 1.30 bits per heavy atom. The smallest absolute Gasteiger partial charge is 0.328 e. The molecule has 0 aliphatic heterocycles. The normalized spacial score (nSPS) is 13.2. The maximum atomic E-state index is 11.7. The highest BCUT2D eigenvalue weighted by Crippen LogP contribution is 2.23. The van der Waals surface area contributed by atoms with Gasteiger partial charge in [0.05, 0.1) is 0 Å². The molecule has 104 valence electrons. The minimum absolute atomic E-state index is 0.0855. The summed E-state index contributed by atoms with van der Waals surface area (Å²) in [6, 6.07) is 7.96. The molecule has 0 amide bonds. The van der Waals surface area contributed by atoms with E-state index in [-0.39, 0.29) is 12.5 Å². The van der Waals surface area contributed by atoms with Crippen LogP contribution in [0, 0.1) is 0 Å². The number of rotatable bonds is 4. The molecule has 5 nitrogen and oxygen atoms in total. The minimum atomic E-state index is -0.311. The average molecular weight is 271 g/mol. The Kier molecular flexibility index (Phi) is 3.41. The van der Waals surface area contributed by atoms with Gasteiger partial charge in [0.25, 0.3) is 0 Å². The van der Waals surface area contributed by atoms with Crippen molar-refractivity contribution in [2.75, 3.05) is 5.73 Å². The SMILES string of the molecule is Nc1ccn(CC(=O)OCc2ccc3c(c2)CCC3)n1. The lowest BCUT2D eigenvalue weighted by Gasteiger charge is -2.07. The molecule has 5 heteroatoms. The van der Waals surface area contributed by atoms with Gasteiger partial charge in [-0.25, -0.2) is 0 Å². The van der Waals surface area contributed by atoms with Crippen molar-refractivity contribution in [3.05, 3.63) is 47.2 Å². The van der Waals surface area contributed by atoms with Crippen molar-refractivity contribution in [2.24, 2.45) is 0 Å². The quantitative estimate of drug-likeness (QED) is 0.859. The summed E-state index contributed by atoms with van der Waals surface area (Å²) in [5.74, 6) is 0.0880. The van der Waals surface area contributed by atoms with E-state index in [9.17, 15) is 4.79 Å². The number of nitrogens with two attached hydrogens (primary N) is 1. The molecular formula is C15H17N3O2. The zero-order valence-electron chi connectivity index (χ0n) is 11.2. The summed E-state index contributed by atoms with van der Waals surface area (Å²) in [6.45, 7) is 0.394. The fourth-order valence-corrected chi connectivity index (χ4v) is 2.52. The number of nitrogen functional groups attached to an aromatic ring is 1. The largest absolute Gasteiger partial charge is 0.459 e. The van der Waals surface area contributed by atoms with Crippen molar-refractivity contribution in [3.63, 3.8) is 0 Å². The van der Waals surface area contributed by atoms with Gasteiger partial charge < -0.3 is 10.5 Å². The van der Waals surface area contributed by atoms with Crippen LogP contribution in [0.2, 0.25) is 0 Å². The number of nitrogens with zero attached hydrogens (tertiary/aromatic N) is 2. The molecule has 0 bridgehead atoms. The van der Waals surface area contributed by atoms with Gasteiger partial charge in [0.2, 0.25) is 0 Å². The summed E-state index contributed by atoms with van der Waals surface area (Å²) in [4.78, 5) is 11.7. The molecule has 0 saturated heterocycles. The number of aromatic nitrogens is 2. The van der Waals surface area contributed by atoms with Gasteiger partial charge in [-0.05, 0) is 42.0 Å². The Bertz CT molecular complexity index is 634. The van der Waals surface area contributed by atoms with E-state index in [0.29, 0.717) is 12.4 Å². The first-order valence-electron chi connectivity index (χ1n) is 6.76. The first kappa shape index (κ1) is 12.7. The van der Waals surface area contributed by atoms with Crippen LogP contribution in [0.4, 0.5) is 5.82 Å². The lowest BCUT2D eigenvalue weighted by atomic mass is 10.1. The van der Waals surface area contributed by atoms with Crippen LogP contribution in [-0.4, -0.2) is 15.7 Å². The zero-order chi connectivity index (χ0) is 13.9. The predicted molar refractivity (Wildman–Crippen MR) is 74.9 cm³/mol.